The van der Waals surface area contributed by atoms with Gasteiger partial charge in [-0.2, -0.15) is 0 Å². The average Bonchev–Trinajstić information content (AvgIpc) is 3.08. The smallest absolute Gasteiger partial charge is 0.00489 e. The van der Waals surface area contributed by atoms with E-state index in [0.29, 0.717) is 5.92 Å². The molecule has 0 aromatic heterocycles. The molecule has 1 nitrogen and oxygen atoms in total. The minimum Gasteiger partial charge on any atom is -0.330 e. The first-order chi connectivity index (χ1) is 7.24. The molecule has 15 heavy (non-hydrogen) atoms. The van der Waals surface area contributed by atoms with E-state index in [-0.39, 0.29) is 0 Å². The number of hydrogen-bond acceptors (Lipinski definition) is 1. The predicted molar refractivity (Wildman–Crippen MR) is 64.7 cm³/mol. The third kappa shape index (κ3) is 2.23. The van der Waals surface area contributed by atoms with Crippen LogP contribution in [0.1, 0.15) is 31.7 Å². The Hall–Kier alpha value is -0.820. The monoisotopic (exact) mass is 203 g/mol. The lowest BCUT2D eigenvalue weighted by Gasteiger charge is -2.18. The average molecular weight is 203 g/mol. The number of nitrogens with two attached hydrogens (primary N) is 1. The molecule has 1 aliphatic rings. The lowest BCUT2D eigenvalue weighted by Crippen LogP contribution is -2.20. The van der Waals surface area contributed by atoms with E-state index in [4.69, 9.17) is 5.73 Å². The van der Waals surface area contributed by atoms with Crippen LogP contribution in [0.25, 0.3) is 0 Å². The van der Waals surface area contributed by atoms with E-state index in [1.54, 1.807) is 0 Å². The van der Waals surface area contributed by atoms with E-state index >= 15 is 0 Å². The summed E-state index contributed by atoms with van der Waals surface area (Å²) >= 11 is 0. The molecule has 82 valence electrons. The fourth-order valence-corrected chi connectivity index (χ4v) is 2.52. The highest BCUT2D eigenvalue weighted by atomic mass is 14.6. The van der Waals surface area contributed by atoms with E-state index in [2.05, 4.69) is 44.2 Å². The van der Waals surface area contributed by atoms with Crippen LogP contribution in [0, 0.1) is 17.8 Å². The Balaban J connectivity index is 1.96. The van der Waals surface area contributed by atoms with Gasteiger partial charge in [0.25, 0.3) is 0 Å². The van der Waals surface area contributed by atoms with Crippen molar-refractivity contribution in [2.45, 2.75) is 26.2 Å². The molecule has 1 saturated carbocycles. The molecule has 0 saturated heterocycles. The molecule has 0 spiro atoms. The van der Waals surface area contributed by atoms with Crippen LogP contribution in [0.5, 0.6) is 0 Å². The minimum atomic E-state index is 0.656. The third-order valence-electron chi connectivity index (χ3n) is 4.01. The fraction of sp³-hybridized carbons (Fsp3) is 0.571. The largest absolute Gasteiger partial charge is 0.330 e. The van der Waals surface area contributed by atoms with Gasteiger partial charge in [-0.05, 0) is 42.2 Å². The highest BCUT2D eigenvalue weighted by Gasteiger charge is 2.42. The first kappa shape index (κ1) is 10.7. The van der Waals surface area contributed by atoms with Crippen LogP contribution < -0.4 is 5.73 Å². The second-order valence-corrected chi connectivity index (χ2v) is 4.99. The lowest BCUT2D eigenvalue weighted by molar-refractivity contribution is 0.348. The van der Waals surface area contributed by atoms with Crippen LogP contribution in [0.3, 0.4) is 0 Å². The normalized spacial score (nSPS) is 28.5. The van der Waals surface area contributed by atoms with Gasteiger partial charge in [-0.25, -0.2) is 0 Å². The van der Waals surface area contributed by atoms with Crippen molar-refractivity contribution in [1.82, 2.24) is 0 Å². The Morgan fingerprint density at radius 3 is 2.53 bits per heavy atom. The van der Waals surface area contributed by atoms with Crippen molar-refractivity contribution in [1.29, 1.82) is 0 Å². The molecule has 1 aromatic rings. The highest BCUT2D eigenvalue weighted by Crippen LogP contribution is 2.53. The van der Waals surface area contributed by atoms with E-state index < -0.39 is 0 Å². The summed E-state index contributed by atoms with van der Waals surface area (Å²) < 4.78 is 0. The Kier molecular flexibility index (Phi) is 3.11. The molecule has 1 aliphatic carbocycles. The summed E-state index contributed by atoms with van der Waals surface area (Å²) in [5, 5.41) is 0. The summed E-state index contributed by atoms with van der Waals surface area (Å²) in [4.78, 5) is 0. The SMILES string of the molecule is CC(CN)C(C)C1CC1c1ccccc1. The molecule has 0 bridgehead atoms. The molecular weight excluding hydrogens is 182 g/mol. The second kappa shape index (κ2) is 4.36. The first-order valence-electron chi connectivity index (χ1n) is 5.99. The summed E-state index contributed by atoms with van der Waals surface area (Å²) in [5.41, 5.74) is 7.24. The van der Waals surface area contributed by atoms with Crippen molar-refractivity contribution >= 4 is 0 Å². The van der Waals surface area contributed by atoms with Crippen LogP contribution in [0.4, 0.5) is 0 Å². The maximum Gasteiger partial charge on any atom is -0.00489 e. The molecule has 0 radical (unpaired) electrons. The van der Waals surface area contributed by atoms with Crippen LogP contribution in [-0.2, 0) is 0 Å². The molecule has 0 aliphatic heterocycles. The fourth-order valence-electron chi connectivity index (χ4n) is 2.52. The van der Waals surface area contributed by atoms with Crippen LogP contribution >= 0.6 is 0 Å². The van der Waals surface area contributed by atoms with Gasteiger partial charge in [-0.15, -0.1) is 0 Å². The Labute approximate surface area is 92.7 Å². The third-order valence-corrected chi connectivity index (χ3v) is 4.01. The topological polar surface area (TPSA) is 26.0 Å². The van der Waals surface area contributed by atoms with Gasteiger partial charge in [0.2, 0.25) is 0 Å². The van der Waals surface area contributed by atoms with E-state index in [0.717, 1.165) is 24.3 Å². The highest BCUT2D eigenvalue weighted by molar-refractivity contribution is 5.26. The summed E-state index contributed by atoms with van der Waals surface area (Å²) in [7, 11) is 0. The predicted octanol–water partition coefficient (Wildman–Crippen LogP) is 3.02. The van der Waals surface area contributed by atoms with Gasteiger partial charge in [0.05, 0.1) is 0 Å². The minimum absolute atomic E-state index is 0.656. The standard InChI is InChI=1S/C14H21N/c1-10(9-15)11(2)13-8-14(13)12-6-4-3-5-7-12/h3-7,10-11,13-14H,8-9,15H2,1-2H3. The Morgan fingerprint density at radius 1 is 1.27 bits per heavy atom. The van der Waals surface area contributed by atoms with Crippen molar-refractivity contribution in [3.8, 4) is 0 Å². The van der Waals surface area contributed by atoms with Crippen molar-refractivity contribution < 1.29 is 0 Å². The molecule has 0 amide bonds. The summed E-state index contributed by atoms with van der Waals surface area (Å²) in [6.07, 6.45) is 1.36. The quantitative estimate of drug-likeness (QED) is 0.799. The maximum absolute atomic E-state index is 5.72. The molecule has 4 unspecified atom stereocenters. The van der Waals surface area contributed by atoms with Gasteiger partial charge in [0.15, 0.2) is 0 Å². The van der Waals surface area contributed by atoms with Crippen LogP contribution in [-0.4, -0.2) is 6.54 Å². The number of rotatable bonds is 4. The van der Waals surface area contributed by atoms with Crippen molar-refractivity contribution in [2.75, 3.05) is 6.54 Å². The zero-order chi connectivity index (χ0) is 10.8. The van der Waals surface area contributed by atoms with E-state index in [1.807, 2.05) is 0 Å². The van der Waals surface area contributed by atoms with Gasteiger partial charge in [-0.1, -0.05) is 44.2 Å². The van der Waals surface area contributed by atoms with Gasteiger partial charge >= 0.3 is 0 Å². The molecule has 0 heterocycles. The van der Waals surface area contributed by atoms with Crippen molar-refractivity contribution in [3.05, 3.63) is 35.9 Å². The maximum atomic E-state index is 5.72. The molecule has 1 fully saturated rings. The summed E-state index contributed by atoms with van der Waals surface area (Å²) in [6, 6.07) is 10.9. The van der Waals surface area contributed by atoms with Gasteiger partial charge in [-0.3, -0.25) is 0 Å². The Bertz CT molecular complexity index is 306. The molecule has 2 N–H and O–H groups in total. The van der Waals surface area contributed by atoms with E-state index in [9.17, 15) is 0 Å². The van der Waals surface area contributed by atoms with Gasteiger partial charge in [0, 0.05) is 0 Å². The number of hydrogen-bond donors (Lipinski definition) is 1. The van der Waals surface area contributed by atoms with Gasteiger partial charge in [0.1, 0.15) is 0 Å². The number of benzene rings is 1. The van der Waals surface area contributed by atoms with E-state index in [1.165, 1.54) is 12.0 Å². The summed E-state index contributed by atoms with van der Waals surface area (Å²) in [5.74, 6) is 3.09. The zero-order valence-corrected chi connectivity index (χ0v) is 9.69. The Morgan fingerprint density at radius 2 is 1.93 bits per heavy atom. The first-order valence-corrected chi connectivity index (χ1v) is 5.99. The molecule has 1 aromatic carbocycles. The molecule has 4 atom stereocenters. The zero-order valence-electron chi connectivity index (χ0n) is 9.69. The molecule has 2 rings (SSSR count). The lowest BCUT2D eigenvalue weighted by atomic mass is 9.89. The second-order valence-electron chi connectivity index (χ2n) is 4.99. The molecular formula is C14H21N. The van der Waals surface area contributed by atoms with Gasteiger partial charge < -0.3 is 5.73 Å². The van der Waals surface area contributed by atoms with Crippen molar-refractivity contribution in [3.63, 3.8) is 0 Å². The summed E-state index contributed by atoms with van der Waals surface area (Å²) in [6.45, 7) is 5.44. The molecule has 1 heteroatoms. The van der Waals surface area contributed by atoms with Crippen LogP contribution in [0.15, 0.2) is 30.3 Å². The van der Waals surface area contributed by atoms with Crippen molar-refractivity contribution in [2.24, 2.45) is 23.5 Å². The van der Waals surface area contributed by atoms with Crippen LogP contribution in [0.2, 0.25) is 0 Å².